The second kappa shape index (κ2) is 36.3. The third-order valence-electron chi connectivity index (χ3n) is 12.5. The van der Waals surface area contributed by atoms with E-state index in [-0.39, 0.29) is 17.9 Å². The molecule has 0 radical (unpaired) electrons. The predicted molar refractivity (Wildman–Crippen MR) is 240 cm³/mol. The number of rotatable bonds is 40. The van der Waals surface area contributed by atoms with Gasteiger partial charge in [0, 0.05) is 12.0 Å². The lowest BCUT2D eigenvalue weighted by Crippen LogP contribution is -2.53. The van der Waals surface area contributed by atoms with E-state index < -0.39 is 30.3 Å². The number of hydrogen-bond donors (Lipinski definition) is 6. The van der Waals surface area contributed by atoms with E-state index in [1.165, 1.54) is 186 Å². The van der Waals surface area contributed by atoms with Crippen LogP contribution in [0.4, 0.5) is 0 Å². The number of aliphatic hydroxyl groups excluding tert-OH is 3. The number of likely N-dealkylation sites (N-methyl/N-ethyl adjacent to an activating group) is 1. The summed E-state index contributed by atoms with van der Waals surface area (Å²) in [6.07, 6.45) is 37.2. The molecule has 57 heavy (non-hydrogen) atoms. The highest BCUT2D eigenvalue weighted by Gasteiger charge is 2.33. The molecule has 9 nitrogen and oxygen atoms in total. The Balaban J connectivity index is 2.56. The van der Waals surface area contributed by atoms with Crippen molar-refractivity contribution in [3.05, 3.63) is 11.6 Å². The molecule has 1 unspecified atom stereocenters. The monoisotopic (exact) mass is 808 g/mol. The summed E-state index contributed by atoms with van der Waals surface area (Å²) in [5, 5.41) is 36.1. The van der Waals surface area contributed by atoms with Crippen LogP contribution in [-0.2, 0) is 9.59 Å². The number of amides is 2. The molecule has 0 saturated heterocycles. The number of nitrogens with zero attached hydrogens (tertiary/aromatic N) is 1. The summed E-state index contributed by atoms with van der Waals surface area (Å²) in [5.74, 6) is -0.707. The van der Waals surface area contributed by atoms with Crippen LogP contribution in [0.2, 0.25) is 0 Å². The Kier molecular flexibility index (Phi) is 34.1. The molecular weight excluding hydrogens is 713 g/mol. The lowest BCUT2D eigenvalue weighted by Gasteiger charge is -2.35. The van der Waals surface area contributed by atoms with Crippen molar-refractivity contribution in [3.63, 3.8) is 0 Å². The van der Waals surface area contributed by atoms with Crippen LogP contribution in [-0.4, -0.2) is 95.7 Å². The van der Waals surface area contributed by atoms with Gasteiger partial charge in [-0.3, -0.25) is 9.59 Å². The van der Waals surface area contributed by atoms with Crippen molar-refractivity contribution in [2.24, 2.45) is 5.73 Å². The minimum Gasteiger partial charge on any atom is -0.390 e. The number of nitrogens with two attached hydrogens (primary N) is 1. The number of quaternary nitrogens is 1. The van der Waals surface area contributed by atoms with Gasteiger partial charge in [0.25, 0.3) is 0 Å². The first-order valence-corrected chi connectivity index (χ1v) is 24.5. The maximum absolute atomic E-state index is 13.5. The lowest BCUT2D eigenvalue weighted by atomic mass is 9.91. The van der Waals surface area contributed by atoms with Gasteiger partial charge in [-0.25, -0.2) is 0 Å². The van der Waals surface area contributed by atoms with Crippen LogP contribution in [0.25, 0.3) is 0 Å². The van der Waals surface area contributed by atoms with Gasteiger partial charge in [-0.1, -0.05) is 168 Å². The number of carbonyl (C=O) groups excluding carboxylic acids is 2. The predicted octanol–water partition coefficient (Wildman–Crippen LogP) is 9.54. The van der Waals surface area contributed by atoms with Crippen molar-refractivity contribution in [2.45, 2.75) is 244 Å². The van der Waals surface area contributed by atoms with Gasteiger partial charge in [0.1, 0.15) is 18.2 Å². The highest BCUT2D eigenvalue weighted by atomic mass is 16.4. The van der Waals surface area contributed by atoms with Crippen molar-refractivity contribution >= 4 is 11.8 Å². The third-order valence-corrected chi connectivity index (χ3v) is 12.5. The molecule has 4 atom stereocenters. The Morgan fingerprint density at radius 1 is 0.632 bits per heavy atom. The van der Waals surface area contributed by atoms with E-state index in [2.05, 4.69) is 31.5 Å². The molecule has 1 rings (SSSR count). The first-order valence-electron chi connectivity index (χ1n) is 24.5. The van der Waals surface area contributed by atoms with E-state index in [4.69, 9.17) is 5.73 Å². The Labute approximate surface area is 351 Å². The molecule has 0 aromatic rings. The Morgan fingerprint density at radius 3 is 1.42 bits per heavy atom. The maximum Gasteiger partial charge on any atom is 0.247 e. The summed E-state index contributed by atoms with van der Waals surface area (Å²) in [4.78, 5) is 26.6. The van der Waals surface area contributed by atoms with Gasteiger partial charge in [-0.15, -0.1) is 0 Å². The molecule has 0 aromatic carbocycles. The molecule has 0 fully saturated rings. The topological polar surface area (TPSA) is 145 Å². The smallest absolute Gasteiger partial charge is 0.247 e. The van der Waals surface area contributed by atoms with Crippen LogP contribution >= 0.6 is 0 Å². The van der Waals surface area contributed by atoms with Crippen LogP contribution in [0.5, 0.6) is 0 Å². The normalized spacial score (nSPS) is 17.7. The molecule has 9 heteroatoms. The number of nitrogens with one attached hydrogen (secondary N) is 2. The maximum atomic E-state index is 13.5. The quantitative estimate of drug-likeness (QED) is 0.0269. The van der Waals surface area contributed by atoms with E-state index in [0.29, 0.717) is 25.9 Å². The Morgan fingerprint density at radius 2 is 1.04 bits per heavy atom. The molecule has 0 aromatic heterocycles. The van der Waals surface area contributed by atoms with Gasteiger partial charge in [0.05, 0.1) is 39.3 Å². The minimum atomic E-state index is -1.33. The van der Waals surface area contributed by atoms with Gasteiger partial charge < -0.3 is 36.2 Å². The van der Waals surface area contributed by atoms with E-state index in [0.717, 1.165) is 30.5 Å². The van der Waals surface area contributed by atoms with Crippen LogP contribution < -0.4 is 16.4 Å². The highest BCUT2D eigenvalue weighted by Crippen LogP contribution is 2.21. The molecule has 1 aliphatic rings. The van der Waals surface area contributed by atoms with Gasteiger partial charge in [-0.05, 0) is 57.6 Å². The fourth-order valence-corrected chi connectivity index (χ4v) is 8.41. The summed E-state index contributed by atoms with van der Waals surface area (Å²) in [5.41, 5.74) is 5.91. The molecule has 0 heterocycles. The average Bonchev–Trinajstić information content (AvgIpc) is 3.19. The molecule has 0 spiro atoms. The van der Waals surface area contributed by atoms with Crippen molar-refractivity contribution in [1.82, 2.24) is 10.6 Å². The average molecular weight is 808 g/mol. The van der Waals surface area contributed by atoms with E-state index >= 15 is 0 Å². The van der Waals surface area contributed by atoms with Crippen molar-refractivity contribution in [1.29, 1.82) is 0 Å². The summed E-state index contributed by atoms with van der Waals surface area (Å²) in [7, 11) is 2.36. The number of carbonyl (C=O) groups is 2. The van der Waals surface area contributed by atoms with Crippen LogP contribution in [0.15, 0.2) is 11.6 Å². The van der Waals surface area contributed by atoms with E-state index in [1.54, 1.807) is 0 Å². The van der Waals surface area contributed by atoms with Crippen LogP contribution in [0.3, 0.4) is 0 Å². The molecular formula is C48H95N4O5+. The second-order valence-electron chi connectivity index (χ2n) is 18.0. The molecule has 7 N–H and O–H groups in total. The highest BCUT2D eigenvalue weighted by molar-refractivity contribution is 5.97. The van der Waals surface area contributed by atoms with Crippen molar-refractivity contribution in [2.75, 3.05) is 39.8 Å². The van der Waals surface area contributed by atoms with Gasteiger partial charge in [0.15, 0.2) is 0 Å². The van der Waals surface area contributed by atoms with Gasteiger partial charge in [0.2, 0.25) is 11.8 Å². The molecule has 336 valence electrons. The SMILES string of the molecule is CCCCCCCCCCCCCCCC[N+](C)(CCCCCCCCCCCCCCCC)CCNC(=O)C(CCCCN)NC(=O)C1=C[C@@H](O)[C@@H](O)[C@H](O)C1. The summed E-state index contributed by atoms with van der Waals surface area (Å²) in [6, 6.07) is -0.735. The number of aliphatic hydroxyl groups is 3. The minimum absolute atomic E-state index is 0.0739. The molecule has 0 saturated carbocycles. The zero-order valence-corrected chi connectivity index (χ0v) is 37.7. The van der Waals surface area contributed by atoms with Crippen molar-refractivity contribution in [3.8, 4) is 0 Å². The van der Waals surface area contributed by atoms with Crippen molar-refractivity contribution < 1.29 is 29.4 Å². The fraction of sp³-hybridized carbons (Fsp3) is 0.917. The first-order chi connectivity index (χ1) is 27.7. The summed E-state index contributed by atoms with van der Waals surface area (Å²) in [6.45, 7) is 8.71. The first kappa shape index (κ1) is 53.5. The number of hydrogen-bond acceptors (Lipinski definition) is 6. The Bertz CT molecular complexity index is 962. The second-order valence-corrected chi connectivity index (χ2v) is 18.0. The van der Waals surface area contributed by atoms with Crippen LogP contribution in [0, 0.1) is 0 Å². The lowest BCUT2D eigenvalue weighted by molar-refractivity contribution is -0.908. The zero-order chi connectivity index (χ0) is 41.8. The molecule has 0 bridgehead atoms. The van der Waals surface area contributed by atoms with Gasteiger partial charge >= 0.3 is 0 Å². The third kappa shape index (κ3) is 28.6. The van der Waals surface area contributed by atoms with E-state index in [9.17, 15) is 24.9 Å². The molecule has 2 amide bonds. The molecule has 0 aliphatic heterocycles. The largest absolute Gasteiger partial charge is 0.390 e. The standard InChI is InChI=1S/C48H94N4O5/c1-4-6-8-10-12-14-16-18-20-22-24-26-28-32-37-52(3,38-33-29-27-25-23-21-19-17-15-13-11-9-7-5-2)39-36-50-48(57)43(34-30-31-35-49)51-47(56)42-40-44(53)46(55)45(54)41-42/h40,43-46,53-55H,4-39,41,49H2,1-3H3,(H-,50,51,56,57)/p+1/t43?,44-,45-,46-/m1/s1. The summed E-state index contributed by atoms with van der Waals surface area (Å²) < 4.78 is 0.950. The van der Waals surface area contributed by atoms with Gasteiger partial charge in [-0.2, -0.15) is 0 Å². The Hall–Kier alpha value is -1.52. The fourth-order valence-electron chi connectivity index (χ4n) is 8.41. The van der Waals surface area contributed by atoms with E-state index in [1.807, 2.05) is 0 Å². The molecule has 1 aliphatic carbocycles. The number of unbranched alkanes of at least 4 members (excludes halogenated alkanes) is 27. The summed E-state index contributed by atoms with van der Waals surface area (Å²) >= 11 is 0. The zero-order valence-electron chi connectivity index (χ0n) is 37.7. The van der Waals surface area contributed by atoms with Crippen LogP contribution in [0.1, 0.15) is 219 Å².